The molecule has 2 amide bonds. The molecular weight excluding hydrogens is 338 g/mol. The standard InChI is InChI=1S/C13H14BrN5O2/c14-11-4-2-1-3-10(11)13(21)16-12(20)8-19-7-9(5-6-15)17-18-19/h1-4,7H,5-6,8,15H2,(H,16,20,21). The lowest BCUT2D eigenvalue weighted by atomic mass is 10.2. The van der Waals surface area contributed by atoms with E-state index >= 15 is 0 Å². The Morgan fingerprint density at radius 2 is 2.10 bits per heavy atom. The molecule has 0 spiro atoms. The van der Waals surface area contributed by atoms with Gasteiger partial charge < -0.3 is 5.73 Å². The van der Waals surface area contributed by atoms with Crippen molar-refractivity contribution in [1.29, 1.82) is 0 Å². The van der Waals surface area contributed by atoms with Crippen molar-refractivity contribution in [2.75, 3.05) is 6.54 Å². The number of carbonyl (C=O) groups is 2. The van der Waals surface area contributed by atoms with Crippen molar-refractivity contribution in [3.05, 3.63) is 46.2 Å². The molecule has 0 aliphatic heterocycles. The number of hydrogen-bond acceptors (Lipinski definition) is 5. The third kappa shape index (κ3) is 4.20. The first-order valence-corrected chi connectivity index (χ1v) is 7.07. The fourth-order valence-electron chi connectivity index (χ4n) is 1.70. The molecule has 0 fully saturated rings. The van der Waals surface area contributed by atoms with Crippen LogP contribution in [0.25, 0.3) is 0 Å². The SMILES string of the molecule is NCCc1cn(CC(=O)NC(=O)c2ccccc2Br)nn1. The molecule has 0 atom stereocenters. The Balaban J connectivity index is 1.95. The molecule has 1 aromatic heterocycles. The van der Waals surface area contributed by atoms with Crippen LogP contribution in [0.5, 0.6) is 0 Å². The topological polar surface area (TPSA) is 103 Å². The van der Waals surface area contributed by atoms with E-state index in [4.69, 9.17) is 5.73 Å². The second kappa shape index (κ2) is 7.09. The first-order valence-electron chi connectivity index (χ1n) is 6.28. The minimum Gasteiger partial charge on any atom is -0.330 e. The number of amides is 2. The molecule has 21 heavy (non-hydrogen) atoms. The van der Waals surface area contributed by atoms with Crippen LogP contribution in [-0.4, -0.2) is 33.4 Å². The molecule has 0 bridgehead atoms. The van der Waals surface area contributed by atoms with Crippen LogP contribution >= 0.6 is 15.9 Å². The summed E-state index contributed by atoms with van der Waals surface area (Å²) >= 11 is 3.26. The van der Waals surface area contributed by atoms with Crippen LogP contribution in [0.4, 0.5) is 0 Å². The first-order chi connectivity index (χ1) is 10.1. The number of nitrogens with one attached hydrogen (secondary N) is 1. The molecule has 3 N–H and O–H groups in total. The van der Waals surface area contributed by atoms with Gasteiger partial charge in [-0.3, -0.25) is 14.9 Å². The lowest BCUT2D eigenvalue weighted by Crippen LogP contribution is -2.33. The highest BCUT2D eigenvalue weighted by atomic mass is 79.9. The monoisotopic (exact) mass is 351 g/mol. The van der Waals surface area contributed by atoms with E-state index in [-0.39, 0.29) is 6.54 Å². The predicted molar refractivity (Wildman–Crippen MR) is 79.4 cm³/mol. The van der Waals surface area contributed by atoms with Crippen molar-refractivity contribution in [1.82, 2.24) is 20.3 Å². The summed E-state index contributed by atoms with van der Waals surface area (Å²) in [6.07, 6.45) is 2.23. The number of benzene rings is 1. The van der Waals surface area contributed by atoms with Gasteiger partial charge in [0.1, 0.15) is 6.54 Å². The van der Waals surface area contributed by atoms with Crippen LogP contribution in [0.15, 0.2) is 34.9 Å². The third-order valence-corrected chi connectivity index (χ3v) is 3.36. The van der Waals surface area contributed by atoms with Crippen LogP contribution in [0.1, 0.15) is 16.1 Å². The molecule has 0 radical (unpaired) electrons. The van der Waals surface area contributed by atoms with Gasteiger partial charge in [-0.25, -0.2) is 4.68 Å². The van der Waals surface area contributed by atoms with Gasteiger partial charge in [0, 0.05) is 17.1 Å². The molecule has 0 aliphatic rings. The van der Waals surface area contributed by atoms with Crippen molar-refractivity contribution in [2.24, 2.45) is 5.73 Å². The fourth-order valence-corrected chi connectivity index (χ4v) is 2.17. The highest BCUT2D eigenvalue weighted by molar-refractivity contribution is 9.10. The molecule has 8 heteroatoms. The van der Waals surface area contributed by atoms with Crippen molar-refractivity contribution in [3.8, 4) is 0 Å². The summed E-state index contributed by atoms with van der Waals surface area (Å²) < 4.78 is 1.99. The first kappa shape index (κ1) is 15.3. The number of halogens is 1. The van der Waals surface area contributed by atoms with E-state index in [2.05, 4.69) is 31.6 Å². The van der Waals surface area contributed by atoms with Gasteiger partial charge in [0.05, 0.1) is 11.3 Å². The Hall–Kier alpha value is -2.06. The van der Waals surface area contributed by atoms with Gasteiger partial charge in [-0.1, -0.05) is 17.3 Å². The quantitative estimate of drug-likeness (QED) is 0.816. The minimum atomic E-state index is -0.463. The van der Waals surface area contributed by atoms with E-state index < -0.39 is 11.8 Å². The highest BCUT2D eigenvalue weighted by Crippen LogP contribution is 2.15. The summed E-state index contributed by atoms with van der Waals surface area (Å²) in [5.41, 5.74) is 6.52. The second-order valence-corrected chi connectivity index (χ2v) is 5.16. The van der Waals surface area contributed by atoms with Gasteiger partial charge in [-0.2, -0.15) is 0 Å². The number of hydrogen-bond donors (Lipinski definition) is 2. The molecule has 0 unspecified atom stereocenters. The maximum atomic E-state index is 12.0. The Labute approximate surface area is 129 Å². The molecule has 1 aromatic carbocycles. The van der Waals surface area contributed by atoms with E-state index in [0.29, 0.717) is 28.7 Å². The number of aromatic nitrogens is 3. The second-order valence-electron chi connectivity index (χ2n) is 4.30. The minimum absolute atomic E-state index is 0.0756. The van der Waals surface area contributed by atoms with Gasteiger partial charge in [-0.05, 0) is 34.6 Å². The average molecular weight is 352 g/mol. The third-order valence-electron chi connectivity index (χ3n) is 2.66. The summed E-state index contributed by atoms with van der Waals surface area (Å²) in [7, 11) is 0. The van der Waals surface area contributed by atoms with E-state index in [0.717, 1.165) is 0 Å². The zero-order chi connectivity index (χ0) is 15.2. The molecule has 7 nitrogen and oxygen atoms in total. The van der Waals surface area contributed by atoms with E-state index in [9.17, 15) is 9.59 Å². The summed E-state index contributed by atoms with van der Waals surface area (Å²) in [4.78, 5) is 23.8. The van der Waals surface area contributed by atoms with Crippen molar-refractivity contribution >= 4 is 27.7 Å². The largest absolute Gasteiger partial charge is 0.330 e. The van der Waals surface area contributed by atoms with Crippen molar-refractivity contribution in [3.63, 3.8) is 0 Å². The van der Waals surface area contributed by atoms with Gasteiger partial charge in [-0.15, -0.1) is 5.10 Å². The van der Waals surface area contributed by atoms with Gasteiger partial charge in [0.15, 0.2) is 0 Å². The molecule has 110 valence electrons. The van der Waals surface area contributed by atoms with Crippen LogP contribution in [0.2, 0.25) is 0 Å². The molecule has 2 aromatic rings. The molecule has 2 rings (SSSR count). The predicted octanol–water partition coefficient (Wildman–Crippen LogP) is 0.498. The number of nitrogens with two attached hydrogens (primary N) is 1. The van der Waals surface area contributed by atoms with E-state index in [1.807, 2.05) is 0 Å². The van der Waals surface area contributed by atoms with Gasteiger partial charge in [0.25, 0.3) is 5.91 Å². The Morgan fingerprint density at radius 3 is 2.81 bits per heavy atom. The van der Waals surface area contributed by atoms with Crippen LogP contribution in [-0.2, 0) is 17.8 Å². The summed E-state index contributed by atoms with van der Waals surface area (Å²) in [5, 5.41) is 9.98. The van der Waals surface area contributed by atoms with Crippen molar-refractivity contribution < 1.29 is 9.59 Å². The number of rotatable bonds is 5. The van der Waals surface area contributed by atoms with Gasteiger partial charge >= 0.3 is 0 Å². The highest BCUT2D eigenvalue weighted by Gasteiger charge is 2.13. The molecule has 0 saturated carbocycles. The lowest BCUT2D eigenvalue weighted by Gasteiger charge is -2.05. The Bertz CT molecular complexity index is 656. The maximum Gasteiger partial charge on any atom is 0.259 e. The van der Waals surface area contributed by atoms with Crippen LogP contribution < -0.4 is 11.1 Å². The summed E-state index contributed by atoms with van der Waals surface area (Å²) in [5.74, 6) is -0.922. The summed E-state index contributed by atoms with van der Waals surface area (Å²) in [6, 6.07) is 6.87. The molecule has 0 aliphatic carbocycles. The average Bonchev–Trinajstić information content (AvgIpc) is 2.86. The molecule has 1 heterocycles. The van der Waals surface area contributed by atoms with Crippen LogP contribution in [0.3, 0.4) is 0 Å². The lowest BCUT2D eigenvalue weighted by molar-refractivity contribution is -0.120. The fraction of sp³-hybridized carbons (Fsp3) is 0.231. The number of imide groups is 1. The van der Waals surface area contributed by atoms with Crippen molar-refractivity contribution in [2.45, 2.75) is 13.0 Å². The molecule has 0 saturated heterocycles. The zero-order valence-electron chi connectivity index (χ0n) is 11.1. The zero-order valence-corrected chi connectivity index (χ0v) is 12.7. The Morgan fingerprint density at radius 1 is 1.33 bits per heavy atom. The van der Waals surface area contributed by atoms with Gasteiger partial charge in [0.2, 0.25) is 5.91 Å². The Kier molecular flexibility index (Phi) is 5.18. The number of carbonyl (C=O) groups excluding carboxylic acids is 2. The van der Waals surface area contributed by atoms with Crippen LogP contribution in [0, 0.1) is 0 Å². The maximum absolute atomic E-state index is 12.0. The van der Waals surface area contributed by atoms with E-state index in [1.54, 1.807) is 30.5 Å². The smallest absolute Gasteiger partial charge is 0.259 e. The normalized spacial score (nSPS) is 10.4. The molecular formula is C13H14BrN5O2. The number of nitrogens with zero attached hydrogens (tertiary/aromatic N) is 3. The van der Waals surface area contributed by atoms with E-state index in [1.165, 1.54) is 4.68 Å². The summed E-state index contributed by atoms with van der Waals surface area (Å²) in [6.45, 7) is 0.388.